The molecule has 1 aliphatic rings. The molecular weight excluding hydrogens is 248 g/mol. The molecule has 0 aliphatic heterocycles. The zero-order valence-corrected chi connectivity index (χ0v) is 12.5. The number of nitrogen functional groups attached to an aromatic ring is 1. The molecule has 0 radical (unpaired) electrons. The van der Waals surface area contributed by atoms with Gasteiger partial charge in [0.15, 0.2) is 0 Å². The van der Waals surface area contributed by atoms with E-state index in [1.807, 2.05) is 13.0 Å². The van der Waals surface area contributed by atoms with Gasteiger partial charge in [-0.25, -0.2) is 0 Å². The van der Waals surface area contributed by atoms with Crippen LogP contribution in [0, 0.1) is 13.8 Å². The first-order chi connectivity index (χ1) is 9.63. The van der Waals surface area contributed by atoms with Crippen LogP contribution in [0.5, 0.6) is 0 Å². The van der Waals surface area contributed by atoms with E-state index in [9.17, 15) is 0 Å². The zero-order valence-electron chi connectivity index (χ0n) is 12.5. The minimum Gasteiger partial charge on any atom is -0.399 e. The van der Waals surface area contributed by atoms with Crippen molar-refractivity contribution in [3.63, 3.8) is 0 Å². The fourth-order valence-electron chi connectivity index (χ4n) is 3.48. The smallest absolute Gasteiger partial charge is 0.137 e. The molecule has 1 atom stereocenters. The van der Waals surface area contributed by atoms with E-state index >= 15 is 0 Å². The highest BCUT2D eigenvalue weighted by atomic mass is 16.5. The van der Waals surface area contributed by atoms with Crippen LogP contribution in [0.15, 0.2) is 16.7 Å². The van der Waals surface area contributed by atoms with E-state index < -0.39 is 0 Å². The van der Waals surface area contributed by atoms with Gasteiger partial charge >= 0.3 is 0 Å². The first kappa shape index (κ1) is 13.2. The second-order valence-corrected chi connectivity index (χ2v) is 5.75. The van der Waals surface area contributed by atoms with Crippen molar-refractivity contribution in [1.29, 1.82) is 0 Å². The number of fused-ring (bicyclic) bond motifs is 1. The monoisotopic (exact) mass is 270 g/mol. The van der Waals surface area contributed by atoms with Gasteiger partial charge in [0.2, 0.25) is 0 Å². The van der Waals surface area contributed by atoms with Gasteiger partial charge in [-0.2, -0.15) is 0 Å². The Hall–Kier alpha value is -1.77. The van der Waals surface area contributed by atoms with Crippen LogP contribution in [0.2, 0.25) is 0 Å². The number of nitrogens with zero attached hydrogens (tertiary/aromatic N) is 1. The second kappa shape index (κ2) is 4.97. The third kappa shape index (κ3) is 1.92. The maximum Gasteiger partial charge on any atom is 0.137 e. The minimum absolute atomic E-state index is 0.342. The van der Waals surface area contributed by atoms with E-state index in [-0.39, 0.29) is 0 Å². The average Bonchev–Trinajstić information content (AvgIpc) is 2.84. The minimum atomic E-state index is 0.342. The van der Waals surface area contributed by atoms with Gasteiger partial charge in [-0.05, 0) is 62.3 Å². The molecule has 0 saturated heterocycles. The lowest BCUT2D eigenvalue weighted by Gasteiger charge is -2.25. The number of benzene rings is 1. The lowest BCUT2D eigenvalue weighted by Crippen LogP contribution is -2.15. The predicted molar refractivity (Wildman–Crippen MR) is 81.0 cm³/mol. The molecule has 106 valence electrons. The Bertz CT molecular complexity index is 643. The van der Waals surface area contributed by atoms with E-state index in [0.717, 1.165) is 36.4 Å². The molecule has 20 heavy (non-hydrogen) atoms. The highest BCUT2D eigenvalue weighted by Gasteiger charge is 2.30. The van der Waals surface area contributed by atoms with Crippen LogP contribution in [0.3, 0.4) is 0 Å². The standard InChI is InChI=1S/C17H22N2O/c1-4-12-8-9-15(18)10(2)16(12)14-7-5-6-13-11(3)20-19-17(13)14/h8-9,14H,4-7,18H2,1-3H3. The fraction of sp³-hybridized carbons (Fsp3) is 0.471. The Morgan fingerprint density at radius 3 is 2.90 bits per heavy atom. The Labute approximate surface area is 120 Å². The number of nitrogens with two attached hydrogens (primary N) is 1. The van der Waals surface area contributed by atoms with Crippen molar-refractivity contribution in [2.75, 3.05) is 5.73 Å². The summed E-state index contributed by atoms with van der Waals surface area (Å²) < 4.78 is 5.43. The molecule has 3 heteroatoms. The van der Waals surface area contributed by atoms with Crippen molar-refractivity contribution in [1.82, 2.24) is 5.16 Å². The fourth-order valence-corrected chi connectivity index (χ4v) is 3.48. The molecule has 3 rings (SSSR count). The van der Waals surface area contributed by atoms with Crippen LogP contribution in [0.4, 0.5) is 5.69 Å². The molecule has 1 aromatic carbocycles. The predicted octanol–water partition coefficient (Wildman–Crippen LogP) is 3.90. The molecule has 0 saturated carbocycles. The largest absolute Gasteiger partial charge is 0.399 e. The molecule has 1 aliphatic carbocycles. The number of aromatic nitrogens is 1. The summed E-state index contributed by atoms with van der Waals surface area (Å²) in [6.45, 7) is 6.35. The van der Waals surface area contributed by atoms with Gasteiger partial charge < -0.3 is 10.3 Å². The molecule has 1 heterocycles. The topological polar surface area (TPSA) is 52.0 Å². The lowest BCUT2D eigenvalue weighted by atomic mass is 9.78. The number of anilines is 1. The summed E-state index contributed by atoms with van der Waals surface area (Å²) >= 11 is 0. The molecule has 2 aromatic rings. The van der Waals surface area contributed by atoms with Crippen LogP contribution < -0.4 is 5.73 Å². The summed E-state index contributed by atoms with van der Waals surface area (Å²) in [6, 6.07) is 4.19. The van der Waals surface area contributed by atoms with Crippen molar-refractivity contribution < 1.29 is 4.52 Å². The summed E-state index contributed by atoms with van der Waals surface area (Å²) in [7, 11) is 0. The molecule has 0 spiro atoms. The molecule has 3 nitrogen and oxygen atoms in total. The summed E-state index contributed by atoms with van der Waals surface area (Å²) in [5.74, 6) is 1.32. The Balaban J connectivity index is 2.17. The van der Waals surface area contributed by atoms with E-state index in [0.29, 0.717) is 5.92 Å². The Morgan fingerprint density at radius 1 is 1.35 bits per heavy atom. The van der Waals surface area contributed by atoms with Gasteiger partial charge in [-0.15, -0.1) is 0 Å². The second-order valence-electron chi connectivity index (χ2n) is 5.75. The molecule has 2 N–H and O–H groups in total. The van der Waals surface area contributed by atoms with Crippen LogP contribution in [0.1, 0.15) is 59.4 Å². The van der Waals surface area contributed by atoms with Crippen LogP contribution in [-0.2, 0) is 12.8 Å². The van der Waals surface area contributed by atoms with E-state index in [2.05, 4.69) is 25.1 Å². The zero-order chi connectivity index (χ0) is 14.3. The number of hydrogen-bond donors (Lipinski definition) is 1. The van der Waals surface area contributed by atoms with Crippen molar-refractivity contribution >= 4 is 5.69 Å². The summed E-state index contributed by atoms with van der Waals surface area (Å²) in [6.07, 6.45) is 4.44. The van der Waals surface area contributed by atoms with Crippen molar-refractivity contribution in [2.24, 2.45) is 0 Å². The molecule has 0 amide bonds. The number of rotatable bonds is 2. The quantitative estimate of drug-likeness (QED) is 0.842. The van der Waals surface area contributed by atoms with Gasteiger partial charge in [0.05, 0.1) is 5.69 Å². The van der Waals surface area contributed by atoms with Crippen LogP contribution in [-0.4, -0.2) is 5.16 Å². The van der Waals surface area contributed by atoms with Crippen molar-refractivity contribution in [2.45, 2.75) is 52.4 Å². The molecular formula is C17H22N2O. The molecule has 1 unspecified atom stereocenters. The maximum atomic E-state index is 6.13. The van der Waals surface area contributed by atoms with Crippen molar-refractivity contribution in [3.8, 4) is 0 Å². The third-order valence-electron chi connectivity index (χ3n) is 4.64. The van der Waals surface area contributed by atoms with Crippen molar-refractivity contribution in [3.05, 3.63) is 45.8 Å². The first-order valence-electron chi connectivity index (χ1n) is 7.46. The molecule has 0 bridgehead atoms. The van der Waals surface area contributed by atoms with E-state index in [1.54, 1.807) is 0 Å². The third-order valence-corrected chi connectivity index (χ3v) is 4.64. The van der Waals surface area contributed by atoms with Gasteiger partial charge in [0.25, 0.3) is 0 Å². The van der Waals surface area contributed by atoms with Crippen LogP contribution >= 0.6 is 0 Å². The van der Waals surface area contributed by atoms with Gasteiger partial charge in [0, 0.05) is 17.2 Å². The summed E-state index contributed by atoms with van der Waals surface area (Å²) in [5.41, 5.74) is 13.4. The summed E-state index contributed by atoms with van der Waals surface area (Å²) in [4.78, 5) is 0. The highest BCUT2D eigenvalue weighted by Crippen LogP contribution is 2.41. The van der Waals surface area contributed by atoms with Crippen LogP contribution in [0.25, 0.3) is 0 Å². The molecule has 0 fully saturated rings. The number of hydrogen-bond acceptors (Lipinski definition) is 3. The van der Waals surface area contributed by atoms with E-state index in [4.69, 9.17) is 10.3 Å². The summed E-state index contributed by atoms with van der Waals surface area (Å²) in [5, 5.41) is 4.34. The normalized spacial score (nSPS) is 18.1. The van der Waals surface area contributed by atoms with Gasteiger partial charge in [-0.3, -0.25) is 0 Å². The lowest BCUT2D eigenvalue weighted by molar-refractivity contribution is 0.387. The van der Waals surface area contributed by atoms with E-state index in [1.165, 1.54) is 28.7 Å². The first-order valence-corrected chi connectivity index (χ1v) is 7.46. The number of aryl methyl sites for hydroxylation is 2. The Kier molecular flexibility index (Phi) is 3.28. The SMILES string of the molecule is CCc1ccc(N)c(C)c1C1CCCc2c1noc2C. The Morgan fingerprint density at radius 2 is 2.15 bits per heavy atom. The van der Waals surface area contributed by atoms with Gasteiger partial charge in [0.1, 0.15) is 5.76 Å². The average molecular weight is 270 g/mol. The van der Waals surface area contributed by atoms with Gasteiger partial charge in [-0.1, -0.05) is 18.1 Å². The highest BCUT2D eigenvalue weighted by molar-refractivity contribution is 5.56. The maximum absolute atomic E-state index is 6.13. The molecule has 1 aromatic heterocycles.